The Morgan fingerprint density at radius 3 is 2.26 bits per heavy atom. The van der Waals surface area contributed by atoms with Crippen LogP contribution in [0.25, 0.3) is 23.0 Å². The van der Waals surface area contributed by atoms with E-state index in [1.54, 1.807) is 17.7 Å². The van der Waals surface area contributed by atoms with Crippen LogP contribution in [0.3, 0.4) is 0 Å². The molecule has 7 heteroatoms. The molecule has 3 aromatic carbocycles. The maximum Gasteiger partial charge on any atom is 0.271 e. The summed E-state index contributed by atoms with van der Waals surface area (Å²) >= 11 is 0. The number of para-hydroxylation sites is 1. The number of nitrogens with zero attached hydrogens (tertiary/aromatic N) is 4. The molecule has 0 saturated carbocycles. The lowest BCUT2D eigenvalue weighted by atomic mass is 9.93. The average Bonchev–Trinajstić information content (AvgIpc) is 3.42. The minimum Gasteiger partial charge on any atom is -0.493 e. The van der Waals surface area contributed by atoms with E-state index in [-0.39, 0.29) is 17.7 Å². The van der Waals surface area contributed by atoms with Crippen LogP contribution in [0.1, 0.15) is 37.5 Å². The molecule has 2 amide bonds. The molecule has 2 heterocycles. The molecule has 0 fully saturated rings. The molecule has 0 saturated heterocycles. The molecule has 5 rings (SSSR count). The average molecular weight is 557 g/mol. The standard InChI is InChI=1S/C35H32N4O3/c1-23(2)22-42-30-16-14-27(15-17-30)33-28(21-39(37-33)29-8-6-5-7-9-29)18-31-25(4)32(19-36)35(41)38(34(31)40)20-26-12-10-24(3)11-13-26/h5-18,21,23H,20,22H2,1-4H3/b31-18+. The molecule has 7 nitrogen and oxygen atoms in total. The Morgan fingerprint density at radius 1 is 0.929 bits per heavy atom. The van der Waals surface area contributed by atoms with Gasteiger partial charge < -0.3 is 4.74 Å². The molecular weight excluding hydrogens is 524 g/mol. The summed E-state index contributed by atoms with van der Waals surface area (Å²) in [6.07, 6.45) is 3.59. The van der Waals surface area contributed by atoms with Crippen molar-refractivity contribution in [3.8, 4) is 28.8 Å². The van der Waals surface area contributed by atoms with Gasteiger partial charge in [-0.15, -0.1) is 0 Å². The van der Waals surface area contributed by atoms with Crippen LogP contribution >= 0.6 is 0 Å². The Bertz CT molecular complexity index is 1720. The van der Waals surface area contributed by atoms with Crippen LogP contribution in [0.2, 0.25) is 0 Å². The SMILES string of the molecule is CC1=C(C#N)C(=O)N(Cc2ccc(C)cc2)C(=O)/C1=C/c1cn(-c2ccccc2)nc1-c1ccc(OCC(C)C)cc1. The van der Waals surface area contributed by atoms with E-state index in [2.05, 4.69) is 13.8 Å². The number of nitriles is 1. The fourth-order valence-corrected chi connectivity index (χ4v) is 4.71. The predicted molar refractivity (Wildman–Crippen MR) is 162 cm³/mol. The van der Waals surface area contributed by atoms with E-state index in [0.29, 0.717) is 29.4 Å². The van der Waals surface area contributed by atoms with Gasteiger partial charge >= 0.3 is 0 Å². The molecule has 0 atom stereocenters. The molecule has 0 aliphatic carbocycles. The number of aromatic nitrogens is 2. The lowest BCUT2D eigenvalue weighted by Gasteiger charge is -2.27. The van der Waals surface area contributed by atoms with E-state index in [4.69, 9.17) is 9.84 Å². The van der Waals surface area contributed by atoms with Crippen molar-refractivity contribution in [2.24, 2.45) is 5.92 Å². The summed E-state index contributed by atoms with van der Waals surface area (Å²) in [5, 5.41) is 14.8. The van der Waals surface area contributed by atoms with Gasteiger partial charge in [-0.3, -0.25) is 14.5 Å². The molecule has 0 bridgehead atoms. The van der Waals surface area contributed by atoms with Crippen LogP contribution in [0.4, 0.5) is 0 Å². The Labute approximate surface area is 246 Å². The number of hydrogen-bond donors (Lipinski definition) is 0. The summed E-state index contributed by atoms with van der Waals surface area (Å²) in [5.74, 6) is 0.132. The van der Waals surface area contributed by atoms with Crippen LogP contribution in [0.15, 0.2) is 102 Å². The third-order valence-electron chi connectivity index (χ3n) is 7.06. The maximum atomic E-state index is 13.8. The lowest BCUT2D eigenvalue weighted by molar-refractivity contribution is -0.141. The number of rotatable bonds is 8. The van der Waals surface area contributed by atoms with Crippen LogP contribution in [-0.4, -0.2) is 33.1 Å². The van der Waals surface area contributed by atoms with Crippen molar-refractivity contribution in [2.45, 2.75) is 34.2 Å². The summed E-state index contributed by atoms with van der Waals surface area (Å²) in [4.78, 5) is 28.2. The number of carbonyl (C=O) groups is 2. The summed E-state index contributed by atoms with van der Waals surface area (Å²) < 4.78 is 7.62. The quantitative estimate of drug-likeness (QED) is 0.179. The Kier molecular flexibility index (Phi) is 8.16. The zero-order chi connectivity index (χ0) is 29.8. The largest absolute Gasteiger partial charge is 0.493 e. The highest BCUT2D eigenvalue weighted by molar-refractivity contribution is 6.19. The predicted octanol–water partition coefficient (Wildman–Crippen LogP) is 6.68. The van der Waals surface area contributed by atoms with Gasteiger partial charge in [0.25, 0.3) is 11.8 Å². The summed E-state index contributed by atoms with van der Waals surface area (Å²) in [7, 11) is 0. The van der Waals surface area contributed by atoms with Crippen molar-refractivity contribution < 1.29 is 14.3 Å². The molecular formula is C35H32N4O3. The highest BCUT2D eigenvalue weighted by Crippen LogP contribution is 2.32. The number of benzene rings is 3. The highest BCUT2D eigenvalue weighted by Gasteiger charge is 2.35. The smallest absolute Gasteiger partial charge is 0.271 e. The van der Waals surface area contributed by atoms with Gasteiger partial charge in [0, 0.05) is 22.9 Å². The molecule has 0 unspecified atom stereocenters. The van der Waals surface area contributed by atoms with Crippen LogP contribution < -0.4 is 4.74 Å². The molecule has 0 N–H and O–H groups in total. The number of hydrogen-bond acceptors (Lipinski definition) is 5. The number of ether oxygens (including phenoxy) is 1. The Morgan fingerprint density at radius 2 is 1.62 bits per heavy atom. The molecule has 1 aromatic heterocycles. The van der Waals surface area contributed by atoms with Crippen LogP contribution in [0, 0.1) is 24.2 Å². The van der Waals surface area contributed by atoms with Crippen molar-refractivity contribution >= 4 is 17.9 Å². The first kappa shape index (κ1) is 28.3. The van der Waals surface area contributed by atoms with Crippen LogP contribution in [-0.2, 0) is 16.1 Å². The number of imide groups is 1. The minimum atomic E-state index is -0.588. The van der Waals surface area contributed by atoms with Gasteiger partial charge in [-0.2, -0.15) is 10.4 Å². The number of amides is 2. The van der Waals surface area contributed by atoms with Gasteiger partial charge in [0.15, 0.2) is 0 Å². The topological polar surface area (TPSA) is 88.2 Å². The van der Waals surface area contributed by atoms with Crippen molar-refractivity contribution in [1.29, 1.82) is 5.26 Å². The summed E-state index contributed by atoms with van der Waals surface area (Å²) in [5.41, 5.74) is 5.50. The first-order valence-electron chi connectivity index (χ1n) is 13.9. The molecule has 210 valence electrons. The van der Waals surface area contributed by atoms with Gasteiger partial charge in [-0.25, -0.2) is 4.68 Å². The Hall–Kier alpha value is -5.22. The zero-order valence-corrected chi connectivity index (χ0v) is 24.2. The second kappa shape index (κ2) is 12.1. The maximum absolute atomic E-state index is 13.8. The summed E-state index contributed by atoms with van der Waals surface area (Å²) in [6.45, 7) is 8.50. The van der Waals surface area contributed by atoms with Gasteiger partial charge in [0.05, 0.1) is 24.5 Å². The second-order valence-corrected chi connectivity index (χ2v) is 10.8. The van der Waals surface area contributed by atoms with Crippen molar-refractivity contribution in [1.82, 2.24) is 14.7 Å². The third kappa shape index (κ3) is 5.93. The molecule has 42 heavy (non-hydrogen) atoms. The fraction of sp³-hybridized carbons (Fsp3) is 0.200. The fourth-order valence-electron chi connectivity index (χ4n) is 4.71. The van der Waals surface area contributed by atoms with E-state index in [1.807, 2.05) is 98.1 Å². The number of carbonyl (C=O) groups excluding carboxylic acids is 2. The van der Waals surface area contributed by atoms with Crippen molar-refractivity contribution in [3.05, 3.63) is 118 Å². The summed E-state index contributed by atoms with van der Waals surface area (Å²) in [6, 6.07) is 27.0. The van der Waals surface area contributed by atoms with E-state index < -0.39 is 11.8 Å². The van der Waals surface area contributed by atoms with E-state index in [0.717, 1.165) is 33.0 Å². The molecule has 4 aromatic rings. The molecule has 1 aliphatic heterocycles. The third-order valence-corrected chi connectivity index (χ3v) is 7.06. The van der Waals surface area contributed by atoms with Gasteiger partial charge in [0.2, 0.25) is 0 Å². The highest BCUT2D eigenvalue weighted by atomic mass is 16.5. The lowest BCUT2D eigenvalue weighted by Crippen LogP contribution is -2.42. The van der Waals surface area contributed by atoms with Gasteiger partial charge in [-0.05, 0) is 73.4 Å². The molecule has 0 radical (unpaired) electrons. The molecule has 1 aliphatic rings. The van der Waals surface area contributed by atoms with E-state index >= 15 is 0 Å². The van der Waals surface area contributed by atoms with Crippen molar-refractivity contribution in [3.63, 3.8) is 0 Å². The Balaban J connectivity index is 1.59. The zero-order valence-electron chi connectivity index (χ0n) is 24.2. The van der Waals surface area contributed by atoms with Gasteiger partial charge in [0.1, 0.15) is 17.4 Å². The normalized spacial score (nSPS) is 14.6. The first-order chi connectivity index (χ1) is 20.2. The van der Waals surface area contributed by atoms with Crippen LogP contribution in [0.5, 0.6) is 5.75 Å². The molecule has 0 spiro atoms. The monoisotopic (exact) mass is 556 g/mol. The van der Waals surface area contributed by atoms with Crippen molar-refractivity contribution in [2.75, 3.05) is 6.61 Å². The number of aryl methyl sites for hydroxylation is 1. The van der Waals surface area contributed by atoms with E-state index in [1.165, 1.54) is 0 Å². The second-order valence-electron chi connectivity index (χ2n) is 10.8. The van der Waals surface area contributed by atoms with E-state index in [9.17, 15) is 14.9 Å². The first-order valence-corrected chi connectivity index (χ1v) is 13.9. The minimum absolute atomic E-state index is 0.0448. The van der Waals surface area contributed by atoms with Gasteiger partial charge in [-0.1, -0.05) is 61.9 Å².